The van der Waals surface area contributed by atoms with Crippen LogP contribution in [0, 0.1) is 10.1 Å². The van der Waals surface area contributed by atoms with Crippen molar-refractivity contribution in [3.8, 4) is 0 Å². The van der Waals surface area contributed by atoms with E-state index in [9.17, 15) is 10.1 Å². The third-order valence-electron chi connectivity index (χ3n) is 3.08. The van der Waals surface area contributed by atoms with Gasteiger partial charge in [-0.05, 0) is 17.7 Å². The van der Waals surface area contributed by atoms with Crippen LogP contribution in [0.1, 0.15) is 5.56 Å². The molecule has 104 valence electrons. The molecule has 0 aliphatic heterocycles. The summed E-state index contributed by atoms with van der Waals surface area (Å²) >= 11 is 1.58. The van der Waals surface area contributed by atoms with Crippen molar-refractivity contribution >= 4 is 28.4 Å². The summed E-state index contributed by atoms with van der Waals surface area (Å²) in [5.74, 6) is 0.660. The Morgan fingerprint density at radius 1 is 1.05 bits per heavy atom. The van der Waals surface area contributed by atoms with E-state index in [-0.39, 0.29) is 10.6 Å². The number of nitrogens with zero attached hydrogens (tertiary/aromatic N) is 2. The molecular weight excluding hydrogens is 284 g/mol. The maximum Gasteiger partial charge on any atom is 0.269 e. The molecule has 1 aromatic heterocycles. The van der Waals surface area contributed by atoms with E-state index in [1.165, 1.54) is 6.07 Å². The lowest BCUT2D eigenvalue weighted by molar-refractivity contribution is -0.384. The van der Waals surface area contributed by atoms with E-state index < -0.39 is 0 Å². The highest BCUT2D eigenvalue weighted by molar-refractivity contribution is 7.98. The van der Waals surface area contributed by atoms with Crippen LogP contribution in [0.2, 0.25) is 0 Å². The molecule has 21 heavy (non-hydrogen) atoms. The summed E-state index contributed by atoms with van der Waals surface area (Å²) in [5.41, 5.74) is 2.00. The molecular formula is C16H12N2O2S. The molecule has 0 amide bonds. The smallest absolute Gasteiger partial charge is 0.258 e. The Hall–Kier alpha value is -2.40. The van der Waals surface area contributed by atoms with Crippen LogP contribution in [0.3, 0.4) is 0 Å². The van der Waals surface area contributed by atoms with E-state index >= 15 is 0 Å². The SMILES string of the molecule is O=[N+]([O-])c1cccc(CSc2ccc3ccccc3n2)c1. The zero-order chi connectivity index (χ0) is 14.7. The average Bonchev–Trinajstić information content (AvgIpc) is 2.53. The van der Waals surface area contributed by atoms with Gasteiger partial charge in [-0.3, -0.25) is 10.1 Å². The standard InChI is InChI=1S/C16H12N2O2S/c19-18(20)14-6-3-4-12(10-14)11-21-16-9-8-13-5-1-2-7-15(13)17-16/h1-10H,11H2. The van der Waals surface area contributed by atoms with E-state index in [0.717, 1.165) is 21.5 Å². The summed E-state index contributed by atoms with van der Waals surface area (Å²) < 4.78 is 0. The van der Waals surface area contributed by atoms with Crippen molar-refractivity contribution in [2.45, 2.75) is 10.8 Å². The van der Waals surface area contributed by atoms with Crippen LogP contribution < -0.4 is 0 Å². The zero-order valence-electron chi connectivity index (χ0n) is 11.1. The molecule has 4 nitrogen and oxygen atoms in total. The van der Waals surface area contributed by atoms with Crippen molar-refractivity contribution < 1.29 is 4.92 Å². The largest absolute Gasteiger partial charge is 0.269 e. The Labute approximate surface area is 126 Å². The Balaban J connectivity index is 1.77. The number of para-hydroxylation sites is 1. The van der Waals surface area contributed by atoms with Crippen molar-refractivity contribution in [2.75, 3.05) is 0 Å². The minimum absolute atomic E-state index is 0.125. The van der Waals surface area contributed by atoms with Crippen LogP contribution in [0.4, 0.5) is 5.69 Å². The topological polar surface area (TPSA) is 56.0 Å². The summed E-state index contributed by atoms with van der Waals surface area (Å²) in [4.78, 5) is 15.0. The predicted molar refractivity (Wildman–Crippen MR) is 84.4 cm³/mol. The van der Waals surface area contributed by atoms with Gasteiger partial charge in [0.1, 0.15) is 0 Å². The summed E-state index contributed by atoms with van der Waals surface area (Å²) in [6.07, 6.45) is 0. The number of rotatable bonds is 4. The van der Waals surface area contributed by atoms with Crippen LogP contribution in [0.5, 0.6) is 0 Å². The lowest BCUT2D eigenvalue weighted by Gasteiger charge is -2.03. The monoisotopic (exact) mass is 296 g/mol. The van der Waals surface area contributed by atoms with Gasteiger partial charge in [0.2, 0.25) is 0 Å². The number of thioether (sulfide) groups is 1. The molecule has 3 rings (SSSR count). The highest BCUT2D eigenvalue weighted by Crippen LogP contribution is 2.25. The molecule has 0 bridgehead atoms. The van der Waals surface area contributed by atoms with E-state index in [2.05, 4.69) is 4.98 Å². The molecule has 5 heteroatoms. The molecule has 0 atom stereocenters. The van der Waals surface area contributed by atoms with Crippen LogP contribution >= 0.6 is 11.8 Å². The van der Waals surface area contributed by atoms with Gasteiger partial charge in [0.15, 0.2) is 0 Å². The first-order valence-electron chi connectivity index (χ1n) is 6.44. The van der Waals surface area contributed by atoms with Gasteiger partial charge < -0.3 is 0 Å². The van der Waals surface area contributed by atoms with E-state index in [0.29, 0.717) is 5.75 Å². The lowest BCUT2D eigenvalue weighted by Crippen LogP contribution is -1.90. The quantitative estimate of drug-likeness (QED) is 0.406. The average molecular weight is 296 g/mol. The number of aromatic nitrogens is 1. The third kappa shape index (κ3) is 3.20. The number of nitro benzene ring substituents is 1. The van der Waals surface area contributed by atoms with Gasteiger partial charge in [-0.25, -0.2) is 4.98 Å². The van der Waals surface area contributed by atoms with Crippen molar-refractivity contribution in [1.29, 1.82) is 0 Å². The number of benzene rings is 2. The molecule has 0 unspecified atom stereocenters. The molecule has 1 heterocycles. The first kappa shape index (κ1) is 13.6. The van der Waals surface area contributed by atoms with Crippen molar-refractivity contribution in [3.63, 3.8) is 0 Å². The molecule has 0 N–H and O–H groups in total. The van der Waals surface area contributed by atoms with Crippen molar-refractivity contribution in [2.24, 2.45) is 0 Å². The minimum atomic E-state index is -0.373. The maximum atomic E-state index is 10.8. The first-order valence-corrected chi connectivity index (χ1v) is 7.43. The van der Waals surface area contributed by atoms with Crippen LogP contribution in [0.15, 0.2) is 65.7 Å². The molecule has 0 fully saturated rings. The fraction of sp³-hybridized carbons (Fsp3) is 0.0625. The predicted octanol–water partition coefficient (Wildman–Crippen LogP) is 4.44. The highest BCUT2D eigenvalue weighted by Gasteiger charge is 2.06. The van der Waals surface area contributed by atoms with Crippen molar-refractivity contribution in [1.82, 2.24) is 4.98 Å². The summed E-state index contributed by atoms with van der Waals surface area (Å²) in [5, 5.41) is 12.8. The summed E-state index contributed by atoms with van der Waals surface area (Å²) in [7, 11) is 0. The van der Waals surface area contributed by atoms with Gasteiger partial charge in [0.25, 0.3) is 5.69 Å². The van der Waals surface area contributed by atoms with Crippen LogP contribution in [-0.4, -0.2) is 9.91 Å². The summed E-state index contributed by atoms with van der Waals surface area (Å²) in [6.45, 7) is 0. The Morgan fingerprint density at radius 3 is 2.76 bits per heavy atom. The molecule has 0 aliphatic carbocycles. The van der Waals surface area contributed by atoms with Crippen molar-refractivity contribution in [3.05, 3.63) is 76.3 Å². The normalized spacial score (nSPS) is 10.7. The second kappa shape index (κ2) is 5.93. The van der Waals surface area contributed by atoms with Gasteiger partial charge in [0, 0.05) is 23.3 Å². The molecule has 0 saturated carbocycles. The van der Waals surface area contributed by atoms with Crippen LogP contribution in [0.25, 0.3) is 10.9 Å². The van der Waals surface area contributed by atoms with Crippen LogP contribution in [-0.2, 0) is 5.75 Å². The molecule has 0 spiro atoms. The van der Waals surface area contributed by atoms with E-state index in [1.807, 2.05) is 42.5 Å². The summed E-state index contributed by atoms with van der Waals surface area (Å²) in [6, 6.07) is 18.7. The fourth-order valence-corrected chi connectivity index (χ4v) is 2.87. The molecule has 0 saturated heterocycles. The number of nitro groups is 1. The highest BCUT2D eigenvalue weighted by atomic mass is 32.2. The molecule has 3 aromatic rings. The van der Waals surface area contributed by atoms with E-state index in [4.69, 9.17) is 0 Å². The molecule has 2 aromatic carbocycles. The van der Waals surface area contributed by atoms with Gasteiger partial charge in [-0.2, -0.15) is 0 Å². The molecule has 0 aliphatic rings. The Kier molecular flexibility index (Phi) is 3.83. The number of hydrogen-bond acceptors (Lipinski definition) is 4. The zero-order valence-corrected chi connectivity index (χ0v) is 11.9. The Bertz CT molecular complexity index is 805. The van der Waals surface area contributed by atoms with E-state index in [1.54, 1.807) is 23.9 Å². The van der Waals surface area contributed by atoms with Gasteiger partial charge in [-0.1, -0.05) is 36.4 Å². The first-order chi connectivity index (χ1) is 10.2. The number of pyridine rings is 1. The van der Waals surface area contributed by atoms with Gasteiger partial charge in [-0.15, -0.1) is 11.8 Å². The fourth-order valence-electron chi connectivity index (χ4n) is 2.04. The second-order valence-electron chi connectivity index (χ2n) is 4.56. The van der Waals surface area contributed by atoms with Gasteiger partial charge >= 0.3 is 0 Å². The third-order valence-corrected chi connectivity index (χ3v) is 4.08. The maximum absolute atomic E-state index is 10.8. The second-order valence-corrected chi connectivity index (χ2v) is 5.55. The van der Waals surface area contributed by atoms with Gasteiger partial charge in [0.05, 0.1) is 15.5 Å². The number of hydrogen-bond donors (Lipinski definition) is 0. The number of non-ortho nitro benzene ring substituents is 1. The minimum Gasteiger partial charge on any atom is -0.258 e. The molecule has 0 radical (unpaired) electrons. The Morgan fingerprint density at radius 2 is 1.90 bits per heavy atom. The lowest BCUT2D eigenvalue weighted by atomic mass is 10.2. The number of fused-ring (bicyclic) bond motifs is 1.